The van der Waals surface area contributed by atoms with Gasteiger partial charge in [0.15, 0.2) is 0 Å². The zero-order chi connectivity index (χ0) is 13.2. The second-order valence-corrected chi connectivity index (χ2v) is 5.38. The van der Waals surface area contributed by atoms with Crippen LogP contribution in [0.4, 0.5) is 4.79 Å². The Morgan fingerprint density at radius 3 is 1.89 bits per heavy atom. The fourth-order valence-corrected chi connectivity index (χ4v) is 2.46. The molecule has 0 atom stereocenters. The lowest BCUT2D eigenvalue weighted by Gasteiger charge is -2.30. The first kappa shape index (κ1) is 15.3. The third kappa shape index (κ3) is 5.28. The Balaban J connectivity index is 2.49. The van der Waals surface area contributed by atoms with Crippen molar-refractivity contribution in [2.45, 2.75) is 65.2 Å². The second-order valence-electron chi connectivity index (χ2n) is 5.38. The van der Waals surface area contributed by atoms with Crippen LogP contribution >= 0.6 is 0 Å². The van der Waals surface area contributed by atoms with E-state index in [1.54, 1.807) is 0 Å². The molecule has 1 rings (SSSR count). The molecule has 3 heteroatoms. The van der Waals surface area contributed by atoms with Crippen molar-refractivity contribution in [2.75, 3.05) is 26.2 Å². The molecule has 0 unspecified atom stereocenters. The summed E-state index contributed by atoms with van der Waals surface area (Å²) < 4.78 is 0. The zero-order valence-electron chi connectivity index (χ0n) is 12.3. The van der Waals surface area contributed by atoms with E-state index < -0.39 is 0 Å². The lowest BCUT2D eigenvalue weighted by atomic mass is 10.2. The van der Waals surface area contributed by atoms with Crippen LogP contribution in [0.25, 0.3) is 0 Å². The van der Waals surface area contributed by atoms with E-state index in [1.165, 1.54) is 25.7 Å². The predicted octanol–water partition coefficient (Wildman–Crippen LogP) is 3.88. The van der Waals surface area contributed by atoms with Crippen molar-refractivity contribution in [1.82, 2.24) is 9.80 Å². The minimum absolute atomic E-state index is 0.291. The number of carbonyl (C=O) groups excluding carboxylic acids is 1. The SMILES string of the molecule is CCCCN(CCCC)C(=O)N1CCCCCC1. The monoisotopic (exact) mass is 254 g/mol. The van der Waals surface area contributed by atoms with Gasteiger partial charge in [-0.3, -0.25) is 0 Å². The minimum atomic E-state index is 0.291. The highest BCUT2D eigenvalue weighted by molar-refractivity contribution is 5.74. The third-order valence-electron chi connectivity index (χ3n) is 3.71. The van der Waals surface area contributed by atoms with Gasteiger partial charge in [0.1, 0.15) is 0 Å². The maximum Gasteiger partial charge on any atom is 0.319 e. The van der Waals surface area contributed by atoms with Crippen LogP contribution in [-0.4, -0.2) is 42.0 Å². The zero-order valence-corrected chi connectivity index (χ0v) is 12.3. The highest BCUT2D eigenvalue weighted by atomic mass is 16.2. The summed E-state index contributed by atoms with van der Waals surface area (Å²) in [4.78, 5) is 16.7. The molecule has 0 aromatic rings. The molecule has 18 heavy (non-hydrogen) atoms. The van der Waals surface area contributed by atoms with Crippen LogP contribution in [0.15, 0.2) is 0 Å². The smallest absolute Gasteiger partial charge is 0.319 e. The van der Waals surface area contributed by atoms with Crippen molar-refractivity contribution in [3.05, 3.63) is 0 Å². The number of hydrogen-bond donors (Lipinski definition) is 0. The summed E-state index contributed by atoms with van der Waals surface area (Å²) in [7, 11) is 0. The van der Waals surface area contributed by atoms with Gasteiger partial charge in [-0.2, -0.15) is 0 Å². The molecule has 1 aliphatic heterocycles. The number of amides is 2. The van der Waals surface area contributed by atoms with Gasteiger partial charge in [-0.15, -0.1) is 0 Å². The molecule has 3 nitrogen and oxygen atoms in total. The van der Waals surface area contributed by atoms with E-state index in [-0.39, 0.29) is 0 Å². The standard InChI is InChI=1S/C15H30N2O/c1-3-5-11-16(12-6-4-2)15(18)17-13-9-7-8-10-14-17/h3-14H2,1-2H3. The summed E-state index contributed by atoms with van der Waals surface area (Å²) >= 11 is 0. The van der Waals surface area contributed by atoms with Gasteiger partial charge in [0.2, 0.25) is 0 Å². The maximum absolute atomic E-state index is 12.5. The van der Waals surface area contributed by atoms with Crippen LogP contribution < -0.4 is 0 Å². The van der Waals surface area contributed by atoms with E-state index in [1.807, 2.05) is 0 Å². The molecule has 2 amide bonds. The number of carbonyl (C=O) groups is 1. The van der Waals surface area contributed by atoms with E-state index >= 15 is 0 Å². The second kappa shape index (κ2) is 9.23. The molecule has 0 aromatic heterocycles. The first-order valence-corrected chi connectivity index (χ1v) is 7.83. The quantitative estimate of drug-likeness (QED) is 0.705. The Morgan fingerprint density at radius 1 is 0.944 bits per heavy atom. The molecule has 0 saturated carbocycles. The van der Waals surface area contributed by atoms with Crippen LogP contribution in [0, 0.1) is 0 Å². The number of hydrogen-bond acceptors (Lipinski definition) is 1. The molecule has 0 spiro atoms. The van der Waals surface area contributed by atoms with Gasteiger partial charge in [0.25, 0.3) is 0 Å². The van der Waals surface area contributed by atoms with E-state index in [0.29, 0.717) is 6.03 Å². The summed E-state index contributed by atoms with van der Waals surface area (Å²) in [6, 6.07) is 0.291. The van der Waals surface area contributed by atoms with Gasteiger partial charge < -0.3 is 9.80 Å². The molecule has 0 bridgehead atoms. The van der Waals surface area contributed by atoms with E-state index in [4.69, 9.17) is 0 Å². The van der Waals surface area contributed by atoms with Gasteiger partial charge in [-0.1, -0.05) is 39.5 Å². The van der Waals surface area contributed by atoms with Crippen molar-refractivity contribution < 1.29 is 4.79 Å². The molecule has 1 aliphatic rings. The summed E-state index contributed by atoms with van der Waals surface area (Å²) in [5.74, 6) is 0. The summed E-state index contributed by atoms with van der Waals surface area (Å²) in [6.07, 6.45) is 9.52. The molecule has 0 N–H and O–H groups in total. The summed E-state index contributed by atoms with van der Waals surface area (Å²) in [6.45, 7) is 8.18. The summed E-state index contributed by atoms with van der Waals surface area (Å²) in [5, 5.41) is 0. The number of rotatable bonds is 6. The average Bonchev–Trinajstić information content (AvgIpc) is 2.67. The highest BCUT2D eigenvalue weighted by Crippen LogP contribution is 2.12. The van der Waals surface area contributed by atoms with Gasteiger partial charge in [0.05, 0.1) is 0 Å². The Kier molecular flexibility index (Phi) is 7.86. The molecule has 1 fully saturated rings. The normalized spacial score (nSPS) is 16.4. The van der Waals surface area contributed by atoms with E-state index in [0.717, 1.165) is 51.9 Å². The topological polar surface area (TPSA) is 23.6 Å². The lowest BCUT2D eigenvalue weighted by molar-refractivity contribution is 0.153. The number of unbranched alkanes of at least 4 members (excludes halogenated alkanes) is 2. The predicted molar refractivity (Wildman–Crippen MR) is 76.8 cm³/mol. The highest BCUT2D eigenvalue weighted by Gasteiger charge is 2.20. The van der Waals surface area contributed by atoms with Gasteiger partial charge in [-0.05, 0) is 25.7 Å². The molecule has 0 radical (unpaired) electrons. The van der Waals surface area contributed by atoms with Crippen LogP contribution in [0.5, 0.6) is 0 Å². The Labute approximate surface area is 113 Å². The van der Waals surface area contributed by atoms with Crippen molar-refractivity contribution >= 4 is 6.03 Å². The van der Waals surface area contributed by atoms with Gasteiger partial charge in [-0.25, -0.2) is 4.79 Å². The fourth-order valence-electron chi connectivity index (χ4n) is 2.46. The molecular weight excluding hydrogens is 224 g/mol. The molecule has 0 aromatic carbocycles. The Hall–Kier alpha value is -0.730. The molecule has 1 saturated heterocycles. The molecular formula is C15H30N2O. The van der Waals surface area contributed by atoms with Gasteiger partial charge >= 0.3 is 6.03 Å². The van der Waals surface area contributed by atoms with Crippen LogP contribution in [0.1, 0.15) is 65.2 Å². The van der Waals surface area contributed by atoms with Crippen LogP contribution in [0.3, 0.4) is 0 Å². The van der Waals surface area contributed by atoms with Crippen molar-refractivity contribution in [1.29, 1.82) is 0 Å². The molecule has 106 valence electrons. The van der Waals surface area contributed by atoms with E-state index in [2.05, 4.69) is 23.6 Å². The number of nitrogens with zero attached hydrogens (tertiary/aromatic N) is 2. The lowest BCUT2D eigenvalue weighted by Crippen LogP contribution is -2.44. The molecule has 0 aliphatic carbocycles. The first-order chi connectivity index (χ1) is 8.79. The van der Waals surface area contributed by atoms with Crippen LogP contribution in [0.2, 0.25) is 0 Å². The number of likely N-dealkylation sites (tertiary alicyclic amines) is 1. The number of urea groups is 1. The maximum atomic E-state index is 12.5. The fraction of sp³-hybridized carbons (Fsp3) is 0.933. The van der Waals surface area contributed by atoms with Crippen LogP contribution in [-0.2, 0) is 0 Å². The average molecular weight is 254 g/mol. The largest absolute Gasteiger partial charge is 0.325 e. The van der Waals surface area contributed by atoms with E-state index in [9.17, 15) is 4.79 Å². The first-order valence-electron chi connectivity index (χ1n) is 7.83. The minimum Gasteiger partial charge on any atom is -0.325 e. The summed E-state index contributed by atoms with van der Waals surface area (Å²) in [5.41, 5.74) is 0. The van der Waals surface area contributed by atoms with Crippen molar-refractivity contribution in [3.63, 3.8) is 0 Å². The molecule has 1 heterocycles. The van der Waals surface area contributed by atoms with Crippen molar-refractivity contribution in [3.8, 4) is 0 Å². The third-order valence-corrected chi connectivity index (χ3v) is 3.71. The Bertz CT molecular complexity index is 215. The van der Waals surface area contributed by atoms with Gasteiger partial charge in [0, 0.05) is 26.2 Å². The van der Waals surface area contributed by atoms with Crippen molar-refractivity contribution in [2.24, 2.45) is 0 Å². The Morgan fingerprint density at radius 2 is 1.44 bits per heavy atom.